The van der Waals surface area contributed by atoms with Gasteiger partial charge in [0.1, 0.15) is 11.3 Å². The molecule has 0 fully saturated rings. The van der Waals surface area contributed by atoms with Crippen molar-refractivity contribution in [2.24, 2.45) is 4.99 Å². The number of furan rings is 1. The van der Waals surface area contributed by atoms with Crippen molar-refractivity contribution in [2.45, 2.75) is 13.5 Å². The third-order valence-corrected chi connectivity index (χ3v) is 8.64. The smallest absolute Gasteiger partial charge is 0.255 e. The van der Waals surface area contributed by atoms with Crippen LogP contribution < -0.4 is 9.62 Å². The van der Waals surface area contributed by atoms with Crippen LogP contribution >= 0.6 is 0 Å². The Morgan fingerprint density at radius 2 is 1.63 bits per heavy atom. The van der Waals surface area contributed by atoms with Crippen molar-refractivity contribution in [2.75, 3.05) is 24.7 Å². The van der Waals surface area contributed by atoms with Gasteiger partial charge in [0, 0.05) is 60.2 Å². The van der Waals surface area contributed by atoms with Gasteiger partial charge in [0.05, 0.1) is 29.8 Å². The van der Waals surface area contributed by atoms with Crippen LogP contribution in [0.1, 0.15) is 32.6 Å². The Morgan fingerprint density at radius 1 is 0.927 bits per heavy atom. The molecule has 0 bridgehead atoms. The molecule has 8 nitrogen and oxygen atoms in total. The van der Waals surface area contributed by atoms with E-state index in [1.807, 2.05) is 67.6 Å². The second-order valence-electron chi connectivity index (χ2n) is 10.1. The molecule has 1 aliphatic rings. The molecular weight excluding hydrogens is 536 g/mol. The summed E-state index contributed by atoms with van der Waals surface area (Å²) < 4.78 is 33.0. The third-order valence-electron chi connectivity index (χ3n) is 7.45. The Kier molecular flexibility index (Phi) is 6.46. The molecule has 5 aromatic rings. The number of carbonyl (C=O) groups excluding carboxylic acids is 1. The molecule has 0 saturated heterocycles. The van der Waals surface area contributed by atoms with Crippen molar-refractivity contribution in [3.63, 3.8) is 0 Å². The molecule has 0 spiro atoms. The summed E-state index contributed by atoms with van der Waals surface area (Å²) in [5, 5.41) is 3.32. The predicted molar refractivity (Wildman–Crippen MR) is 162 cm³/mol. The van der Waals surface area contributed by atoms with Gasteiger partial charge in [-0.2, -0.15) is 0 Å². The summed E-state index contributed by atoms with van der Waals surface area (Å²) in [5.41, 5.74) is 8.38. The molecule has 3 heterocycles. The molecule has 0 unspecified atom stereocenters. The SMILES string of the molecule is CNC(=O)c1c(-c2ccc(C)cc2)oc2cc(N(C)S(C)(=O)=O)c(-c3ccc4c(c3)C(c3ccncc3)=NC4)cc12. The van der Waals surface area contributed by atoms with Crippen LogP contribution in [0.2, 0.25) is 0 Å². The van der Waals surface area contributed by atoms with Crippen LogP contribution in [-0.2, 0) is 16.6 Å². The monoisotopic (exact) mass is 564 g/mol. The Morgan fingerprint density at radius 3 is 2.32 bits per heavy atom. The number of rotatable bonds is 6. The van der Waals surface area contributed by atoms with E-state index in [-0.39, 0.29) is 5.91 Å². The summed E-state index contributed by atoms with van der Waals surface area (Å²) in [4.78, 5) is 22.1. The number of anilines is 1. The van der Waals surface area contributed by atoms with Crippen molar-refractivity contribution in [1.82, 2.24) is 10.3 Å². The Balaban J connectivity index is 1.61. The van der Waals surface area contributed by atoms with Crippen LogP contribution in [0.3, 0.4) is 0 Å². The predicted octanol–water partition coefficient (Wildman–Crippen LogP) is 5.58. The number of hydrogen-bond acceptors (Lipinski definition) is 6. The van der Waals surface area contributed by atoms with E-state index < -0.39 is 10.0 Å². The van der Waals surface area contributed by atoms with Gasteiger partial charge in [-0.1, -0.05) is 42.0 Å². The van der Waals surface area contributed by atoms with Crippen molar-refractivity contribution >= 4 is 38.3 Å². The van der Waals surface area contributed by atoms with E-state index in [2.05, 4.69) is 10.3 Å². The van der Waals surface area contributed by atoms with Crippen molar-refractivity contribution < 1.29 is 17.6 Å². The fraction of sp³-hybridized carbons (Fsp3) is 0.156. The summed E-state index contributed by atoms with van der Waals surface area (Å²) in [6, 6.07) is 21.1. The van der Waals surface area contributed by atoms with Crippen LogP contribution in [0, 0.1) is 6.92 Å². The third kappa shape index (κ3) is 4.68. The van der Waals surface area contributed by atoms with Gasteiger partial charge >= 0.3 is 0 Å². The number of pyridine rings is 1. The molecule has 0 radical (unpaired) electrons. The Labute approximate surface area is 238 Å². The van der Waals surface area contributed by atoms with Gasteiger partial charge in [0.2, 0.25) is 10.0 Å². The summed E-state index contributed by atoms with van der Waals surface area (Å²) in [7, 11) is -0.529. The highest BCUT2D eigenvalue weighted by Crippen LogP contribution is 2.42. The Bertz CT molecular complexity index is 1960. The first-order chi connectivity index (χ1) is 19.7. The summed E-state index contributed by atoms with van der Waals surface area (Å²) in [6.45, 7) is 2.55. The first-order valence-corrected chi connectivity index (χ1v) is 14.9. The number of benzene rings is 3. The second-order valence-corrected chi connectivity index (χ2v) is 12.1. The molecule has 0 saturated carbocycles. The number of aromatic nitrogens is 1. The van der Waals surface area contributed by atoms with Gasteiger partial charge in [-0.3, -0.25) is 19.1 Å². The minimum Gasteiger partial charge on any atom is -0.455 e. The average molecular weight is 565 g/mol. The molecule has 0 atom stereocenters. The van der Waals surface area contributed by atoms with Gasteiger partial charge in [0.15, 0.2) is 0 Å². The van der Waals surface area contributed by atoms with Gasteiger partial charge in [-0.05, 0) is 42.3 Å². The largest absolute Gasteiger partial charge is 0.455 e. The topological polar surface area (TPSA) is 105 Å². The molecule has 6 rings (SSSR count). The lowest BCUT2D eigenvalue weighted by atomic mass is 9.93. The lowest BCUT2D eigenvalue weighted by molar-refractivity contribution is 0.0964. The molecule has 0 aliphatic carbocycles. The molecule has 1 amide bonds. The summed E-state index contributed by atoms with van der Waals surface area (Å²) in [6.07, 6.45) is 4.63. The van der Waals surface area contributed by atoms with Crippen molar-refractivity contribution in [1.29, 1.82) is 0 Å². The standard InChI is InChI=1S/C32H28N4O4S/c1-19-5-7-21(8-6-19)31-29(32(37)33-2)26-16-24(27(17-28(26)40-31)36(3)41(4,38)39)22-9-10-23-18-35-30(25(23)15-22)20-11-13-34-14-12-20/h5-17H,18H2,1-4H3,(H,33,37). The molecular formula is C32H28N4O4S. The number of fused-ring (bicyclic) bond motifs is 2. The number of aryl methyl sites for hydroxylation is 1. The van der Waals surface area contributed by atoms with Crippen LogP contribution in [0.25, 0.3) is 33.4 Å². The maximum absolute atomic E-state index is 13.2. The fourth-order valence-electron chi connectivity index (χ4n) is 5.17. The van der Waals surface area contributed by atoms with Crippen molar-refractivity contribution in [3.8, 4) is 22.5 Å². The maximum atomic E-state index is 13.2. The zero-order valence-corrected chi connectivity index (χ0v) is 23.9. The minimum atomic E-state index is -3.62. The zero-order chi connectivity index (χ0) is 28.9. The highest BCUT2D eigenvalue weighted by molar-refractivity contribution is 7.92. The van der Waals surface area contributed by atoms with Gasteiger partial charge < -0.3 is 9.73 Å². The van der Waals surface area contributed by atoms with Gasteiger partial charge in [-0.15, -0.1) is 0 Å². The quantitative estimate of drug-likeness (QED) is 0.290. The normalized spacial score (nSPS) is 12.7. The fourth-order valence-corrected chi connectivity index (χ4v) is 5.68. The number of carbonyl (C=O) groups is 1. The summed E-state index contributed by atoms with van der Waals surface area (Å²) >= 11 is 0. The Hall–Kier alpha value is -4.76. The second kappa shape index (κ2) is 10.0. The van der Waals surface area contributed by atoms with E-state index in [1.165, 1.54) is 11.4 Å². The molecule has 9 heteroatoms. The van der Waals surface area contributed by atoms with Crippen LogP contribution in [0.5, 0.6) is 0 Å². The molecule has 1 aliphatic heterocycles. The highest BCUT2D eigenvalue weighted by Gasteiger charge is 2.27. The zero-order valence-electron chi connectivity index (χ0n) is 23.1. The van der Waals surface area contributed by atoms with E-state index >= 15 is 0 Å². The van der Waals surface area contributed by atoms with E-state index in [1.54, 1.807) is 25.5 Å². The number of amides is 1. The van der Waals surface area contributed by atoms with Gasteiger partial charge in [0.25, 0.3) is 5.91 Å². The number of aliphatic imine (C=N–C) groups is 1. The molecule has 41 heavy (non-hydrogen) atoms. The average Bonchev–Trinajstić information content (AvgIpc) is 3.57. The molecule has 206 valence electrons. The summed E-state index contributed by atoms with van der Waals surface area (Å²) in [5.74, 6) is 0.126. The molecule has 2 aromatic heterocycles. The number of hydrogen-bond donors (Lipinski definition) is 1. The highest BCUT2D eigenvalue weighted by atomic mass is 32.2. The lowest BCUT2D eigenvalue weighted by Gasteiger charge is -2.21. The van der Waals surface area contributed by atoms with E-state index in [0.29, 0.717) is 40.1 Å². The first-order valence-electron chi connectivity index (χ1n) is 13.1. The minimum absolute atomic E-state index is 0.296. The molecule has 3 aromatic carbocycles. The van der Waals surface area contributed by atoms with Gasteiger partial charge in [-0.25, -0.2) is 8.42 Å². The van der Waals surface area contributed by atoms with Crippen LogP contribution in [-0.4, -0.2) is 45.4 Å². The van der Waals surface area contributed by atoms with E-state index in [0.717, 1.165) is 45.3 Å². The van der Waals surface area contributed by atoms with E-state index in [4.69, 9.17) is 9.41 Å². The van der Waals surface area contributed by atoms with Crippen LogP contribution in [0.4, 0.5) is 5.69 Å². The first kappa shape index (κ1) is 26.5. The molecule has 1 N–H and O–H groups in total. The maximum Gasteiger partial charge on any atom is 0.255 e. The number of nitrogens with zero attached hydrogens (tertiary/aromatic N) is 3. The lowest BCUT2D eigenvalue weighted by Crippen LogP contribution is -2.25. The van der Waals surface area contributed by atoms with Crippen LogP contribution in [0.15, 0.2) is 88.5 Å². The number of nitrogens with one attached hydrogen (secondary N) is 1. The van der Waals surface area contributed by atoms with E-state index in [9.17, 15) is 13.2 Å². The number of sulfonamides is 1. The van der Waals surface area contributed by atoms with Crippen molar-refractivity contribution in [3.05, 3.63) is 107 Å².